The van der Waals surface area contributed by atoms with E-state index >= 15 is 0 Å². The monoisotopic (exact) mass is 156 g/mol. The molecule has 1 heterocycles. The molecule has 1 aliphatic heterocycles. The molecule has 0 aromatic rings. The van der Waals surface area contributed by atoms with E-state index in [0.717, 1.165) is 19.3 Å². The smallest absolute Gasteiger partial charge is 0.375 e. The van der Waals surface area contributed by atoms with E-state index in [9.17, 15) is 9.59 Å². The lowest BCUT2D eigenvalue weighted by atomic mass is 10.1. The van der Waals surface area contributed by atoms with Gasteiger partial charge in [-0.25, -0.2) is 4.79 Å². The van der Waals surface area contributed by atoms with Crippen LogP contribution in [0, 0.1) is 0 Å². The second-order valence-corrected chi connectivity index (χ2v) is 2.80. The maximum Gasteiger partial charge on any atom is 0.375 e. The zero-order valence-electron chi connectivity index (χ0n) is 6.63. The molecule has 0 radical (unpaired) electrons. The zero-order valence-corrected chi connectivity index (χ0v) is 6.63. The second kappa shape index (κ2) is 3.51. The maximum absolute atomic E-state index is 10.7. The molecule has 1 atom stereocenters. The SMILES string of the molecule is CCCC[C@@H]1CC(=O)C(=O)O1. The normalized spacial score (nSPS) is 23.9. The third-order valence-corrected chi connectivity index (χ3v) is 1.79. The van der Waals surface area contributed by atoms with E-state index in [1.807, 2.05) is 0 Å². The van der Waals surface area contributed by atoms with Gasteiger partial charge in [0.25, 0.3) is 0 Å². The molecular formula is C8H12O3. The van der Waals surface area contributed by atoms with Gasteiger partial charge in [0.2, 0.25) is 5.78 Å². The van der Waals surface area contributed by atoms with Crippen LogP contribution < -0.4 is 0 Å². The largest absolute Gasteiger partial charge is 0.456 e. The van der Waals surface area contributed by atoms with Crippen LogP contribution in [0.3, 0.4) is 0 Å². The summed E-state index contributed by atoms with van der Waals surface area (Å²) in [5.74, 6) is -1.02. The summed E-state index contributed by atoms with van der Waals surface area (Å²) in [6.45, 7) is 2.07. The van der Waals surface area contributed by atoms with Crippen molar-refractivity contribution in [3.05, 3.63) is 0 Å². The third kappa shape index (κ3) is 2.03. The summed E-state index contributed by atoms with van der Waals surface area (Å²) in [4.78, 5) is 21.2. The first-order chi connectivity index (χ1) is 5.24. The number of hydrogen-bond donors (Lipinski definition) is 0. The summed E-state index contributed by atoms with van der Waals surface area (Å²) in [7, 11) is 0. The summed E-state index contributed by atoms with van der Waals surface area (Å²) < 4.78 is 4.79. The minimum absolute atomic E-state index is 0.130. The maximum atomic E-state index is 10.7. The molecule has 0 aromatic carbocycles. The number of carbonyl (C=O) groups excluding carboxylic acids is 2. The Bertz CT molecular complexity index is 158. The van der Waals surface area contributed by atoms with Crippen LogP contribution in [0.15, 0.2) is 0 Å². The summed E-state index contributed by atoms with van der Waals surface area (Å²) >= 11 is 0. The molecule has 0 aromatic heterocycles. The Morgan fingerprint density at radius 2 is 2.27 bits per heavy atom. The van der Waals surface area contributed by atoms with Crippen LogP contribution in [0.25, 0.3) is 0 Å². The van der Waals surface area contributed by atoms with Crippen molar-refractivity contribution >= 4 is 11.8 Å². The Morgan fingerprint density at radius 1 is 1.55 bits per heavy atom. The molecule has 0 spiro atoms. The Kier molecular flexibility index (Phi) is 2.63. The first-order valence-corrected chi connectivity index (χ1v) is 3.98. The first-order valence-electron chi connectivity index (χ1n) is 3.98. The predicted molar refractivity (Wildman–Crippen MR) is 39.0 cm³/mol. The fraction of sp³-hybridized carbons (Fsp3) is 0.750. The van der Waals surface area contributed by atoms with Crippen LogP contribution in [0.4, 0.5) is 0 Å². The highest BCUT2D eigenvalue weighted by atomic mass is 16.6. The number of esters is 1. The Labute approximate surface area is 65.7 Å². The summed E-state index contributed by atoms with van der Waals surface area (Å²) in [5, 5.41) is 0. The molecule has 0 bridgehead atoms. The van der Waals surface area contributed by atoms with Crippen molar-refractivity contribution in [1.29, 1.82) is 0 Å². The van der Waals surface area contributed by atoms with Gasteiger partial charge in [0.1, 0.15) is 6.10 Å². The van der Waals surface area contributed by atoms with E-state index in [0.29, 0.717) is 6.42 Å². The third-order valence-electron chi connectivity index (χ3n) is 1.79. The van der Waals surface area contributed by atoms with Gasteiger partial charge in [0.05, 0.1) is 6.42 Å². The molecule has 0 N–H and O–H groups in total. The topological polar surface area (TPSA) is 43.4 Å². The first kappa shape index (κ1) is 8.24. The van der Waals surface area contributed by atoms with E-state index in [2.05, 4.69) is 6.92 Å². The van der Waals surface area contributed by atoms with E-state index < -0.39 is 5.97 Å². The number of rotatable bonds is 3. The lowest BCUT2D eigenvalue weighted by Crippen LogP contribution is -2.06. The van der Waals surface area contributed by atoms with Gasteiger partial charge in [0.15, 0.2) is 0 Å². The standard InChI is InChI=1S/C8H12O3/c1-2-3-4-6-5-7(9)8(10)11-6/h6H,2-5H2,1H3/t6-/m1/s1. The van der Waals surface area contributed by atoms with Crippen molar-refractivity contribution in [2.45, 2.75) is 38.7 Å². The number of ketones is 1. The summed E-state index contributed by atoms with van der Waals surface area (Å²) in [6.07, 6.45) is 3.08. The summed E-state index contributed by atoms with van der Waals surface area (Å²) in [6, 6.07) is 0. The molecule has 1 saturated heterocycles. The molecule has 0 saturated carbocycles. The minimum Gasteiger partial charge on any atom is -0.456 e. The Hall–Kier alpha value is -0.860. The molecule has 0 unspecified atom stereocenters. The van der Waals surface area contributed by atoms with E-state index in [1.165, 1.54) is 0 Å². The molecule has 1 fully saturated rings. The average molecular weight is 156 g/mol. The number of hydrogen-bond acceptors (Lipinski definition) is 3. The number of ether oxygens (including phenoxy) is 1. The quantitative estimate of drug-likeness (QED) is 0.453. The molecule has 11 heavy (non-hydrogen) atoms. The number of unbranched alkanes of at least 4 members (excludes halogenated alkanes) is 1. The molecule has 62 valence electrons. The average Bonchev–Trinajstić information content (AvgIpc) is 2.28. The van der Waals surface area contributed by atoms with Gasteiger partial charge >= 0.3 is 5.97 Å². The fourth-order valence-electron chi connectivity index (χ4n) is 1.14. The van der Waals surface area contributed by atoms with E-state index in [4.69, 9.17) is 4.74 Å². The Balaban J connectivity index is 2.29. The van der Waals surface area contributed by atoms with Crippen LogP contribution >= 0.6 is 0 Å². The zero-order chi connectivity index (χ0) is 8.27. The van der Waals surface area contributed by atoms with Gasteiger partial charge in [-0.05, 0) is 6.42 Å². The van der Waals surface area contributed by atoms with Gasteiger partial charge in [-0.3, -0.25) is 4.79 Å². The van der Waals surface area contributed by atoms with Crippen LogP contribution in [0.1, 0.15) is 32.6 Å². The predicted octanol–water partition coefficient (Wildman–Crippen LogP) is 1.06. The lowest BCUT2D eigenvalue weighted by molar-refractivity contribution is -0.149. The van der Waals surface area contributed by atoms with Gasteiger partial charge in [0, 0.05) is 0 Å². The van der Waals surface area contributed by atoms with E-state index in [1.54, 1.807) is 0 Å². The molecule has 1 aliphatic rings. The Morgan fingerprint density at radius 3 is 2.73 bits per heavy atom. The van der Waals surface area contributed by atoms with Crippen molar-refractivity contribution in [3.8, 4) is 0 Å². The highest BCUT2D eigenvalue weighted by molar-refractivity contribution is 6.35. The highest BCUT2D eigenvalue weighted by Crippen LogP contribution is 2.16. The minimum atomic E-state index is -0.647. The number of carbonyl (C=O) groups is 2. The number of cyclic esters (lactones) is 1. The van der Waals surface area contributed by atoms with E-state index in [-0.39, 0.29) is 11.9 Å². The van der Waals surface area contributed by atoms with Crippen molar-refractivity contribution in [2.75, 3.05) is 0 Å². The van der Waals surface area contributed by atoms with Crippen molar-refractivity contribution in [3.63, 3.8) is 0 Å². The van der Waals surface area contributed by atoms with Gasteiger partial charge in [-0.15, -0.1) is 0 Å². The van der Waals surface area contributed by atoms with Crippen molar-refractivity contribution < 1.29 is 14.3 Å². The molecular weight excluding hydrogens is 144 g/mol. The van der Waals surface area contributed by atoms with Crippen molar-refractivity contribution in [2.24, 2.45) is 0 Å². The van der Waals surface area contributed by atoms with Gasteiger partial charge in [-0.2, -0.15) is 0 Å². The van der Waals surface area contributed by atoms with Crippen LogP contribution in [-0.2, 0) is 14.3 Å². The van der Waals surface area contributed by atoms with Crippen molar-refractivity contribution in [1.82, 2.24) is 0 Å². The van der Waals surface area contributed by atoms with Crippen LogP contribution in [0.5, 0.6) is 0 Å². The van der Waals surface area contributed by atoms with Gasteiger partial charge < -0.3 is 4.74 Å². The lowest BCUT2D eigenvalue weighted by Gasteiger charge is -2.04. The number of Topliss-reactive ketones (excluding diaryl/α,β-unsaturated/α-hetero) is 1. The molecule has 3 heteroatoms. The van der Waals surface area contributed by atoms with Gasteiger partial charge in [-0.1, -0.05) is 19.8 Å². The van der Waals surface area contributed by atoms with Crippen LogP contribution in [-0.4, -0.2) is 17.9 Å². The molecule has 0 aliphatic carbocycles. The highest BCUT2D eigenvalue weighted by Gasteiger charge is 2.31. The molecule has 1 rings (SSSR count). The fourth-order valence-corrected chi connectivity index (χ4v) is 1.14. The molecule has 3 nitrogen and oxygen atoms in total. The second-order valence-electron chi connectivity index (χ2n) is 2.80. The van der Waals surface area contributed by atoms with Crippen LogP contribution in [0.2, 0.25) is 0 Å². The molecule has 0 amide bonds. The summed E-state index contributed by atoms with van der Waals surface area (Å²) in [5.41, 5.74) is 0.